The average Bonchev–Trinajstić information content (AvgIpc) is 3.21. The van der Waals surface area contributed by atoms with Gasteiger partial charge in [-0.15, -0.1) is 0 Å². The number of carbonyl (C=O) groups is 2. The Kier molecular flexibility index (Phi) is 6.13. The van der Waals surface area contributed by atoms with Crippen molar-refractivity contribution in [3.8, 4) is 5.88 Å². The molecule has 0 radical (unpaired) electrons. The van der Waals surface area contributed by atoms with E-state index in [0.717, 1.165) is 16.5 Å². The Balaban J connectivity index is 1.59. The summed E-state index contributed by atoms with van der Waals surface area (Å²) in [6.07, 6.45) is -3.92. The van der Waals surface area contributed by atoms with Crippen LogP contribution < -0.4 is 11.5 Å². The first-order valence-electron chi connectivity index (χ1n) is 8.83. The minimum Gasteiger partial charge on any atom is -0.493 e. The Labute approximate surface area is 165 Å². The van der Waals surface area contributed by atoms with Crippen LogP contribution >= 0.6 is 0 Å². The molecule has 7 N–H and O–H groups in total. The fraction of sp³-hybridized carbons (Fsp3) is 0.389. The van der Waals surface area contributed by atoms with Crippen molar-refractivity contribution in [1.82, 2.24) is 9.55 Å². The summed E-state index contributed by atoms with van der Waals surface area (Å²) in [4.78, 5) is 27.0. The molecule has 2 heterocycles. The van der Waals surface area contributed by atoms with E-state index in [0.29, 0.717) is 0 Å². The predicted molar refractivity (Wildman–Crippen MR) is 97.4 cm³/mol. The molecule has 1 aliphatic rings. The minimum atomic E-state index is -1.47. The van der Waals surface area contributed by atoms with E-state index >= 15 is 0 Å². The van der Waals surface area contributed by atoms with E-state index in [1.165, 1.54) is 0 Å². The Morgan fingerprint density at radius 2 is 1.93 bits per heavy atom. The van der Waals surface area contributed by atoms with Gasteiger partial charge < -0.3 is 36.3 Å². The number of hydrogen-bond donors (Lipinski definition) is 5. The van der Waals surface area contributed by atoms with Crippen LogP contribution in [0.1, 0.15) is 22.3 Å². The molecular formula is C18H22N4O7. The summed E-state index contributed by atoms with van der Waals surface area (Å²) >= 11 is 0. The largest absolute Gasteiger partial charge is 0.493 e. The Bertz CT molecular complexity index is 872. The van der Waals surface area contributed by atoms with E-state index in [2.05, 4.69) is 4.98 Å². The molecule has 3 rings (SSSR count). The van der Waals surface area contributed by atoms with Crippen molar-refractivity contribution in [2.45, 2.75) is 37.0 Å². The van der Waals surface area contributed by atoms with Gasteiger partial charge in [-0.3, -0.25) is 14.2 Å². The summed E-state index contributed by atoms with van der Waals surface area (Å²) in [7, 11) is 0. The van der Waals surface area contributed by atoms with Gasteiger partial charge in [-0.25, -0.2) is 4.98 Å². The zero-order valence-corrected chi connectivity index (χ0v) is 15.3. The van der Waals surface area contributed by atoms with Crippen LogP contribution in [0.5, 0.6) is 5.88 Å². The van der Waals surface area contributed by atoms with Crippen LogP contribution in [0.4, 0.5) is 0 Å². The lowest BCUT2D eigenvalue weighted by atomic mass is 10.1. The first-order valence-corrected chi connectivity index (χ1v) is 8.83. The van der Waals surface area contributed by atoms with Gasteiger partial charge in [0, 0.05) is 0 Å². The number of imidazole rings is 1. The lowest BCUT2D eigenvalue weighted by molar-refractivity contribution is -0.151. The summed E-state index contributed by atoms with van der Waals surface area (Å²) in [5.41, 5.74) is 11.4. The predicted octanol–water partition coefficient (Wildman–Crippen LogP) is -1.58. The van der Waals surface area contributed by atoms with Crippen LogP contribution in [-0.4, -0.2) is 67.7 Å². The van der Waals surface area contributed by atoms with Crippen molar-refractivity contribution in [3.63, 3.8) is 0 Å². The zero-order valence-electron chi connectivity index (χ0n) is 15.3. The highest BCUT2D eigenvalue weighted by Crippen LogP contribution is 2.33. The van der Waals surface area contributed by atoms with Crippen molar-refractivity contribution in [2.24, 2.45) is 11.5 Å². The van der Waals surface area contributed by atoms with Crippen molar-refractivity contribution in [2.75, 3.05) is 6.61 Å². The number of primary amides is 1. The smallest absolute Gasteiger partial charge is 0.323 e. The molecular weight excluding hydrogens is 384 g/mol. The van der Waals surface area contributed by atoms with Crippen molar-refractivity contribution >= 4 is 11.9 Å². The van der Waals surface area contributed by atoms with Crippen LogP contribution in [-0.2, 0) is 20.7 Å². The second-order valence-electron chi connectivity index (χ2n) is 6.66. The third kappa shape index (κ3) is 4.38. The highest BCUT2D eigenvalue weighted by molar-refractivity contribution is 5.93. The molecule has 0 bridgehead atoms. The lowest BCUT2D eigenvalue weighted by Crippen LogP contribution is -2.38. The molecule has 1 saturated heterocycles. The molecule has 156 valence electrons. The summed E-state index contributed by atoms with van der Waals surface area (Å²) in [6, 6.07) is 8.25. The Hall–Kier alpha value is -2.99. The van der Waals surface area contributed by atoms with Gasteiger partial charge in [-0.2, -0.15) is 0 Å². The van der Waals surface area contributed by atoms with Gasteiger partial charge >= 0.3 is 5.97 Å². The summed E-state index contributed by atoms with van der Waals surface area (Å²) in [5, 5.41) is 30.4. The number of aliphatic hydroxyl groups is 2. The third-order valence-electron chi connectivity index (χ3n) is 4.60. The van der Waals surface area contributed by atoms with Gasteiger partial charge in [0.2, 0.25) is 5.88 Å². The number of hydrogen-bond acceptors (Lipinski definition) is 9. The summed E-state index contributed by atoms with van der Waals surface area (Å²) in [5.74, 6) is -2.27. The first kappa shape index (κ1) is 20.7. The number of amides is 1. The monoisotopic (exact) mass is 406 g/mol. The van der Waals surface area contributed by atoms with Crippen LogP contribution in [0, 0.1) is 0 Å². The summed E-state index contributed by atoms with van der Waals surface area (Å²) < 4.78 is 11.6. The molecule has 1 aliphatic heterocycles. The minimum absolute atomic E-state index is 0.276. The molecule has 0 saturated carbocycles. The van der Waals surface area contributed by atoms with Gasteiger partial charge in [0.25, 0.3) is 5.91 Å². The number of rotatable bonds is 7. The molecule has 1 amide bonds. The molecule has 11 nitrogen and oxygen atoms in total. The standard InChI is InChI=1S/C18H22N4O7/c19-10(6-9-4-2-1-3-5-9)18(27)28-7-11-13(23)14(24)17(29-11)22-8-21-12(15(20)25)16(22)26/h1-5,8,10-11,13-14,17,23-24,26H,6-7,19H2,(H2,20,25)/t10-,11+,13?,14+,17+/m0/s1. The molecule has 1 aromatic heterocycles. The SMILES string of the molecule is NC(=O)c1ncn([C@@H]2O[C@H](COC(=O)[C@@H](N)Cc3ccccc3)C(O)[C@H]2O)c1O. The second-order valence-corrected chi connectivity index (χ2v) is 6.66. The van der Waals surface area contributed by atoms with Crippen LogP contribution in [0.15, 0.2) is 36.7 Å². The molecule has 0 spiro atoms. The number of aromatic nitrogens is 2. The summed E-state index contributed by atoms with van der Waals surface area (Å²) in [6.45, 7) is -0.367. The molecule has 1 unspecified atom stereocenters. The fourth-order valence-electron chi connectivity index (χ4n) is 3.03. The maximum absolute atomic E-state index is 12.1. The third-order valence-corrected chi connectivity index (χ3v) is 4.60. The van der Waals surface area contributed by atoms with E-state index < -0.39 is 54.0 Å². The van der Waals surface area contributed by atoms with Gasteiger partial charge in [0.1, 0.15) is 37.3 Å². The number of nitrogens with two attached hydrogens (primary N) is 2. The van der Waals surface area contributed by atoms with Gasteiger partial charge in [0.15, 0.2) is 11.9 Å². The molecule has 1 fully saturated rings. The Morgan fingerprint density at radius 1 is 1.24 bits per heavy atom. The number of benzene rings is 1. The molecule has 1 aromatic carbocycles. The van der Waals surface area contributed by atoms with Crippen LogP contribution in [0.25, 0.3) is 0 Å². The number of ether oxygens (including phenoxy) is 2. The molecule has 2 aromatic rings. The molecule has 29 heavy (non-hydrogen) atoms. The first-order chi connectivity index (χ1) is 13.8. The van der Waals surface area contributed by atoms with E-state index in [4.69, 9.17) is 20.9 Å². The normalized spacial score (nSPS) is 24.9. The maximum Gasteiger partial charge on any atom is 0.323 e. The van der Waals surface area contributed by atoms with Crippen molar-refractivity contribution < 1.29 is 34.4 Å². The van der Waals surface area contributed by atoms with E-state index in [9.17, 15) is 24.9 Å². The average molecular weight is 406 g/mol. The maximum atomic E-state index is 12.1. The highest BCUT2D eigenvalue weighted by Gasteiger charge is 2.45. The van der Waals surface area contributed by atoms with Crippen LogP contribution in [0.3, 0.4) is 0 Å². The topological polar surface area (TPSA) is 183 Å². The Morgan fingerprint density at radius 3 is 2.55 bits per heavy atom. The fourth-order valence-corrected chi connectivity index (χ4v) is 3.03. The highest BCUT2D eigenvalue weighted by atomic mass is 16.6. The zero-order chi connectivity index (χ0) is 21.1. The number of esters is 1. The van der Waals surface area contributed by atoms with Gasteiger partial charge in [-0.1, -0.05) is 30.3 Å². The molecule has 11 heteroatoms. The second kappa shape index (κ2) is 8.57. The quantitative estimate of drug-likeness (QED) is 0.339. The van der Waals surface area contributed by atoms with E-state index in [1.54, 1.807) is 0 Å². The number of nitrogens with zero attached hydrogens (tertiary/aromatic N) is 2. The van der Waals surface area contributed by atoms with Crippen LogP contribution in [0.2, 0.25) is 0 Å². The van der Waals surface area contributed by atoms with Gasteiger partial charge in [0.05, 0.1) is 0 Å². The van der Waals surface area contributed by atoms with E-state index in [1.807, 2.05) is 30.3 Å². The number of carbonyl (C=O) groups excluding carboxylic acids is 2. The molecule has 0 aliphatic carbocycles. The van der Waals surface area contributed by atoms with Crippen molar-refractivity contribution in [1.29, 1.82) is 0 Å². The molecule has 5 atom stereocenters. The van der Waals surface area contributed by atoms with E-state index in [-0.39, 0.29) is 13.0 Å². The van der Waals surface area contributed by atoms with Crippen molar-refractivity contribution in [3.05, 3.63) is 47.9 Å². The van der Waals surface area contributed by atoms with Gasteiger partial charge in [-0.05, 0) is 12.0 Å². The lowest BCUT2D eigenvalue weighted by Gasteiger charge is -2.17. The number of aromatic hydroxyl groups is 1. The number of aliphatic hydroxyl groups excluding tert-OH is 2.